The highest BCUT2D eigenvalue weighted by Crippen LogP contribution is 2.21. The van der Waals surface area contributed by atoms with Crippen LogP contribution < -0.4 is 5.73 Å². The molecule has 0 bridgehead atoms. The Morgan fingerprint density at radius 1 is 1.50 bits per heavy atom. The minimum atomic E-state index is -3.78. The van der Waals surface area contributed by atoms with Crippen molar-refractivity contribution in [1.29, 1.82) is 0 Å². The molecule has 1 aromatic rings. The Labute approximate surface area is 93.2 Å². The third kappa shape index (κ3) is 2.22. The van der Waals surface area contributed by atoms with Crippen molar-refractivity contribution in [3.05, 3.63) is 11.5 Å². The zero-order chi connectivity index (χ0) is 12.5. The van der Waals surface area contributed by atoms with Gasteiger partial charge in [-0.25, -0.2) is 8.42 Å². The number of sulfonamides is 1. The molecule has 0 atom stereocenters. The average molecular weight is 247 g/mol. The number of rotatable bonds is 4. The third-order valence-electron chi connectivity index (χ3n) is 2.01. The predicted octanol–water partition coefficient (Wildman–Crippen LogP) is -0.603. The molecular weight excluding hydrogens is 234 g/mol. The predicted molar refractivity (Wildman–Crippen MR) is 55.0 cm³/mol. The molecule has 0 saturated heterocycles. The molecule has 90 valence electrons. The SMILES string of the molecule is Cc1noc(C)c1S(=O)(=O)N(C)CC(N)=O. The molecule has 2 N–H and O–H groups in total. The van der Waals surface area contributed by atoms with Crippen molar-refractivity contribution in [2.45, 2.75) is 18.7 Å². The highest BCUT2D eigenvalue weighted by atomic mass is 32.2. The van der Waals surface area contributed by atoms with E-state index in [4.69, 9.17) is 10.3 Å². The highest BCUT2D eigenvalue weighted by Gasteiger charge is 2.29. The van der Waals surface area contributed by atoms with Crippen LogP contribution in [0, 0.1) is 13.8 Å². The maximum Gasteiger partial charge on any atom is 0.248 e. The van der Waals surface area contributed by atoms with E-state index in [2.05, 4.69) is 5.16 Å². The maximum atomic E-state index is 12.0. The van der Waals surface area contributed by atoms with Crippen LogP contribution in [0.25, 0.3) is 0 Å². The van der Waals surface area contributed by atoms with E-state index in [9.17, 15) is 13.2 Å². The molecule has 16 heavy (non-hydrogen) atoms. The normalized spacial score (nSPS) is 12.0. The smallest absolute Gasteiger partial charge is 0.248 e. The van der Waals surface area contributed by atoms with Crippen LogP contribution in [0.4, 0.5) is 0 Å². The summed E-state index contributed by atoms with van der Waals surface area (Å²) >= 11 is 0. The number of carbonyl (C=O) groups excluding carboxylic acids is 1. The van der Waals surface area contributed by atoms with Gasteiger partial charge in [0.1, 0.15) is 10.6 Å². The van der Waals surface area contributed by atoms with Gasteiger partial charge in [0.05, 0.1) is 6.54 Å². The van der Waals surface area contributed by atoms with Gasteiger partial charge in [0, 0.05) is 7.05 Å². The lowest BCUT2D eigenvalue weighted by Gasteiger charge is -2.14. The molecule has 0 unspecified atom stereocenters. The van der Waals surface area contributed by atoms with Gasteiger partial charge in [0.2, 0.25) is 15.9 Å². The fourth-order valence-corrected chi connectivity index (χ4v) is 2.72. The van der Waals surface area contributed by atoms with E-state index in [-0.39, 0.29) is 22.9 Å². The second kappa shape index (κ2) is 4.22. The van der Waals surface area contributed by atoms with Crippen LogP contribution in [0.1, 0.15) is 11.5 Å². The van der Waals surface area contributed by atoms with E-state index in [1.807, 2.05) is 0 Å². The molecule has 0 aromatic carbocycles. The Kier molecular flexibility index (Phi) is 3.34. The van der Waals surface area contributed by atoms with E-state index in [1.165, 1.54) is 20.9 Å². The van der Waals surface area contributed by atoms with Gasteiger partial charge in [0.25, 0.3) is 0 Å². The van der Waals surface area contributed by atoms with Crippen molar-refractivity contribution in [2.75, 3.05) is 13.6 Å². The van der Waals surface area contributed by atoms with Gasteiger partial charge in [-0.15, -0.1) is 0 Å². The van der Waals surface area contributed by atoms with Gasteiger partial charge < -0.3 is 10.3 Å². The van der Waals surface area contributed by atoms with Crippen molar-refractivity contribution in [3.63, 3.8) is 0 Å². The summed E-state index contributed by atoms with van der Waals surface area (Å²) in [5.41, 5.74) is 5.19. The Morgan fingerprint density at radius 2 is 2.06 bits per heavy atom. The zero-order valence-corrected chi connectivity index (χ0v) is 10.0. The first-order valence-corrected chi connectivity index (χ1v) is 5.88. The molecule has 0 aliphatic rings. The van der Waals surface area contributed by atoms with E-state index >= 15 is 0 Å². The molecule has 0 aliphatic carbocycles. The molecular formula is C8H13N3O4S. The second-order valence-electron chi connectivity index (χ2n) is 3.38. The molecule has 7 nitrogen and oxygen atoms in total. The van der Waals surface area contributed by atoms with Crippen LogP contribution in [0.3, 0.4) is 0 Å². The summed E-state index contributed by atoms with van der Waals surface area (Å²) in [4.78, 5) is 10.7. The molecule has 0 radical (unpaired) electrons. The molecule has 1 aromatic heterocycles. The Balaban J connectivity index is 3.17. The van der Waals surface area contributed by atoms with Crippen molar-refractivity contribution in [1.82, 2.24) is 9.46 Å². The lowest BCUT2D eigenvalue weighted by Crippen LogP contribution is -2.35. The number of amides is 1. The quantitative estimate of drug-likeness (QED) is 0.764. The molecule has 1 rings (SSSR count). The number of primary amides is 1. The van der Waals surface area contributed by atoms with Crippen molar-refractivity contribution >= 4 is 15.9 Å². The van der Waals surface area contributed by atoms with Crippen molar-refractivity contribution in [2.24, 2.45) is 5.73 Å². The first-order chi connectivity index (χ1) is 7.26. The second-order valence-corrected chi connectivity index (χ2v) is 5.36. The standard InChI is InChI=1S/C8H13N3O4S/c1-5-8(6(2)15-10-5)16(13,14)11(3)4-7(9)12/h4H2,1-3H3,(H2,9,12). The summed E-state index contributed by atoms with van der Waals surface area (Å²) in [5, 5.41) is 3.55. The highest BCUT2D eigenvalue weighted by molar-refractivity contribution is 7.89. The van der Waals surface area contributed by atoms with Crippen molar-refractivity contribution < 1.29 is 17.7 Å². The Hall–Kier alpha value is -1.41. The third-order valence-corrected chi connectivity index (χ3v) is 4.06. The summed E-state index contributed by atoms with van der Waals surface area (Å²) in [6, 6.07) is 0. The molecule has 0 aliphatic heterocycles. The zero-order valence-electron chi connectivity index (χ0n) is 9.22. The van der Waals surface area contributed by atoms with Crippen LogP contribution in [-0.4, -0.2) is 37.4 Å². The fourth-order valence-electron chi connectivity index (χ4n) is 1.30. The van der Waals surface area contributed by atoms with E-state index < -0.39 is 15.9 Å². The maximum absolute atomic E-state index is 12.0. The van der Waals surface area contributed by atoms with Gasteiger partial charge in [-0.05, 0) is 13.8 Å². The van der Waals surface area contributed by atoms with Gasteiger partial charge in [-0.1, -0.05) is 5.16 Å². The van der Waals surface area contributed by atoms with Crippen LogP contribution in [0.15, 0.2) is 9.42 Å². The number of carbonyl (C=O) groups is 1. The summed E-state index contributed by atoms with van der Waals surface area (Å²) in [6.07, 6.45) is 0. The summed E-state index contributed by atoms with van der Waals surface area (Å²) in [6.45, 7) is 2.62. The summed E-state index contributed by atoms with van der Waals surface area (Å²) in [7, 11) is -2.51. The van der Waals surface area contributed by atoms with Crippen LogP contribution >= 0.6 is 0 Å². The summed E-state index contributed by atoms with van der Waals surface area (Å²) < 4.78 is 29.6. The van der Waals surface area contributed by atoms with Gasteiger partial charge in [0.15, 0.2) is 5.76 Å². The lowest BCUT2D eigenvalue weighted by atomic mass is 10.4. The fraction of sp³-hybridized carbons (Fsp3) is 0.500. The lowest BCUT2D eigenvalue weighted by molar-refractivity contribution is -0.118. The number of aryl methyl sites for hydroxylation is 2. The largest absolute Gasteiger partial charge is 0.369 e. The number of nitrogens with zero attached hydrogens (tertiary/aromatic N) is 2. The van der Waals surface area contributed by atoms with E-state index in [1.54, 1.807) is 0 Å². The molecule has 8 heteroatoms. The number of likely N-dealkylation sites (N-methyl/N-ethyl adjacent to an activating group) is 1. The van der Waals surface area contributed by atoms with E-state index in [0.717, 1.165) is 4.31 Å². The van der Waals surface area contributed by atoms with Crippen LogP contribution in [0.2, 0.25) is 0 Å². The first-order valence-electron chi connectivity index (χ1n) is 4.44. The molecule has 1 amide bonds. The molecule has 0 saturated carbocycles. The topological polar surface area (TPSA) is 106 Å². The van der Waals surface area contributed by atoms with Crippen molar-refractivity contribution in [3.8, 4) is 0 Å². The molecule has 0 spiro atoms. The average Bonchev–Trinajstić information content (AvgIpc) is 2.45. The van der Waals surface area contributed by atoms with E-state index in [0.29, 0.717) is 0 Å². The Bertz CT molecular complexity index is 486. The molecule has 1 heterocycles. The number of nitrogens with two attached hydrogens (primary N) is 1. The van der Waals surface area contributed by atoms with Gasteiger partial charge in [-0.3, -0.25) is 4.79 Å². The van der Waals surface area contributed by atoms with Crippen LogP contribution in [-0.2, 0) is 14.8 Å². The minimum Gasteiger partial charge on any atom is -0.369 e. The minimum absolute atomic E-state index is 0.0174. The first kappa shape index (κ1) is 12.7. The number of hydrogen-bond donors (Lipinski definition) is 1. The number of hydrogen-bond acceptors (Lipinski definition) is 5. The molecule has 0 fully saturated rings. The van der Waals surface area contributed by atoms with Gasteiger partial charge >= 0.3 is 0 Å². The number of aromatic nitrogens is 1. The monoisotopic (exact) mass is 247 g/mol. The van der Waals surface area contributed by atoms with Crippen LogP contribution in [0.5, 0.6) is 0 Å². The Morgan fingerprint density at radius 3 is 2.44 bits per heavy atom. The van der Waals surface area contributed by atoms with Gasteiger partial charge in [-0.2, -0.15) is 4.31 Å². The summed E-state index contributed by atoms with van der Waals surface area (Å²) in [5.74, 6) is -0.536.